The van der Waals surface area contributed by atoms with Crippen molar-refractivity contribution < 1.29 is 9.53 Å². The van der Waals surface area contributed by atoms with Gasteiger partial charge in [-0.15, -0.1) is 0 Å². The second-order valence-electron chi connectivity index (χ2n) is 4.50. The summed E-state index contributed by atoms with van der Waals surface area (Å²) in [5, 5.41) is 4.08. The monoisotopic (exact) mass is 338 g/mol. The molecule has 0 aliphatic rings. The van der Waals surface area contributed by atoms with Crippen LogP contribution in [-0.4, -0.2) is 20.7 Å². The standard InChI is InChI=1S/C13H15BrN4O2/c1-8(2)18-11(16-7-17-18)6-20-13(19)9-4-3-5-10(15)12(9)14/h3-5,7-8H,6,15H2,1-2H3. The van der Waals surface area contributed by atoms with E-state index in [0.717, 1.165) is 0 Å². The first kappa shape index (κ1) is 14.5. The molecule has 2 rings (SSSR count). The molecule has 7 heteroatoms. The number of aromatic nitrogens is 3. The number of nitrogens with zero attached hydrogens (tertiary/aromatic N) is 3. The highest BCUT2D eigenvalue weighted by molar-refractivity contribution is 9.10. The van der Waals surface area contributed by atoms with Crippen LogP contribution in [0.2, 0.25) is 0 Å². The largest absolute Gasteiger partial charge is 0.454 e. The number of hydrogen-bond donors (Lipinski definition) is 1. The maximum Gasteiger partial charge on any atom is 0.339 e. The highest BCUT2D eigenvalue weighted by atomic mass is 79.9. The van der Waals surface area contributed by atoms with Gasteiger partial charge in [-0.25, -0.2) is 14.5 Å². The molecule has 0 atom stereocenters. The Hall–Kier alpha value is -1.89. The molecule has 1 aromatic heterocycles. The predicted molar refractivity (Wildman–Crippen MR) is 78.1 cm³/mol. The number of esters is 1. The lowest BCUT2D eigenvalue weighted by atomic mass is 10.2. The van der Waals surface area contributed by atoms with Gasteiger partial charge in [-0.3, -0.25) is 0 Å². The lowest BCUT2D eigenvalue weighted by molar-refractivity contribution is 0.0454. The zero-order chi connectivity index (χ0) is 14.7. The zero-order valence-corrected chi connectivity index (χ0v) is 12.8. The fraction of sp³-hybridized carbons (Fsp3) is 0.308. The van der Waals surface area contributed by atoms with Gasteiger partial charge >= 0.3 is 5.97 Å². The second kappa shape index (κ2) is 6.04. The van der Waals surface area contributed by atoms with E-state index in [1.165, 1.54) is 6.33 Å². The van der Waals surface area contributed by atoms with E-state index in [-0.39, 0.29) is 12.6 Å². The van der Waals surface area contributed by atoms with Gasteiger partial charge in [-0.2, -0.15) is 5.10 Å². The molecule has 0 radical (unpaired) electrons. The third-order valence-electron chi connectivity index (χ3n) is 2.72. The molecule has 0 aliphatic carbocycles. The van der Waals surface area contributed by atoms with Gasteiger partial charge in [-0.05, 0) is 41.9 Å². The van der Waals surface area contributed by atoms with Crippen molar-refractivity contribution >= 4 is 27.6 Å². The molecule has 0 saturated heterocycles. The number of carbonyl (C=O) groups excluding carboxylic acids is 1. The molecule has 2 aromatic rings. The van der Waals surface area contributed by atoms with E-state index < -0.39 is 5.97 Å². The van der Waals surface area contributed by atoms with E-state index in [1.54, 1.807) is 22.9 Å². The van der Waals surface area contributed by atoms with E-state index in [4.69, 9.17) is 10.5 Å². The first-order chi connectivity index (χ1) is 9.50. The molecule has 1 aromatic carbocycles. The van der Waals surface area contributed by atoms with Gasteiger partial charge in [-0.1, -0.05) is 6.07 Å². The molecular formula is C13H15BrN4O2. The van der Waals surface area contributed by atoms with Gasteiger partial charge in [0.25, 0.3) is 0 Å². The number of halogens is 1. The first-order valence-electron chi connectivity index (χ1n) is 6.10. The fourth-order valence-corrected chi connectivity index (χ4v) is 2.15. The highest BCUT2D eigenvalue weighted by Crippen LogP contribution is 2.24. The zero-order valence-electron chi connectivity index (χ0n) is 11.2. The minimum Gasteiger partial charge on any atom is -0.454 e. The van der Waals surface area contributed by atoms with Gasteiger partial charge < -0.3 is 10.5 Å². The van der Waals surface area contributed by atoms with Crippen molar-refractivity contribution in [3.05, 3.63) is 40.4 Å². The van der Waals surface area contributed by atoms with Crippen molar-refractivity contribution in [1.29, 1.82) is 0 Å². The van der Waals surface area contributed by atoms with Crippen LogP contribution in [0, 0.1) is 0 Å². The normalized spacial score (nSPS) is 10.8. The van der Waals surface area contributed by atoms with Crippen LogP contribution in [0.1, 0.15) is 36.1 Å². The van der Waals surface area contributed by atoms with Crippen molar-refractivity contribution in [2.75, 3.05) is 5.73 Å². The van der Waals surface area contributed by atoms with Crippen molar-refractivity contribution in [1.82, 2.24) is 14.8 Å². The molecule has 0 fully saturated rings. The molecule has 6 nitrogen and oxygen atoms in total. The summed E-state index contributed by atoms with van der Waals surface area (Å²) in [6.07, 6.45) is 1.44. The van der Waals surface area contributed by atoms with E-state index in [2.05, 4.69) is 26.0 Å². The molecule has 0 unspecified atom stereocenters. The molecule has 0 saturated carbocycles. The van der Waals surface area contributed by atoms with Crippen LogP contribution in [0.4, 0.5) is 5.69 Å². The Balaban J connectivity index is 2.09. The molecule has 0 aliphatic heterocycles. The highest BCUT2D eigenvalue weighted by Gasteiger charge is 2.15. The van der Waals surface area contributed by atoms with Crippen molar-refractivity contribution in [3.8, 4) is 0 Å². The van der Waals surface area contributed by atoms with Crippen LogP contribution >= 0.6 is 15.9 Å². The molecule has 0 bridgehead atoms. The summed E-state index contributed by atoms with van der Waals surface area (Å²) >= 11 is 3.28. The predicted octanol–water partition coefficient (Wildman–Crippen LogP) is 2.56. The molecule has 0 spiro atoms. The van der Waals surface area contributed by atoms with Gasteiger partial charge in [0.15, 0.2) is 12.4 Å². The lowest BCUT2D eigenvalue weighted by Crippen LogP contribution is -2.13. The van der Waals surface area contributed by atoms with E-state index in [1.807, 2.05) is 13.8 Å². The van der Waals surface area contributed by atoms with E-state index >= 15 is 0 Å². The van der Waals surface area contributed by atoms with Gasteiger partial charge in [0, 0.05) is 11.7 Å². The number of carbonyl (C=O) groups is 1. The molecule has 20 heavy (non-hydrogen) atoms. The topological polar surface area (TPSA) is 83.0 Å². The first-order valence-corrected chi connectivity index (χ1v) is 6.89. The number of rotatable bonds is 4. The third-order valence-corrected chi connectivity index (χ3v) is 3.60. The molecular weight excluding hydrogens is 324 g/mol. The minimum absolute atomic E-state index is 0.0677. The summed E-state index contributed by atoms with van der Waals surface area (Å²) < 4.78 is 7.50. The maximum atomic E-state index is 12.0. The van der Waals surface area contributed by atoms with Crippen molar-refractivity contribution in [3.63, 3.8) is 0 Å². The van der Waals surface area contributed by atoms with Crippen LogP contribution in [0.25, 0.3) is 0 Å². The third kappa shape index (κ3) is 2.98. The molecule has 2 N–H and O–H groups in total. The molecule has 0 amide bonds. The van der Waals surface area contributed by atoms with E-state index in [9.17, 15) is 4.79 Å². The summed E-state index contributed by atoms with van der Waals surface area (Å²) in [6.45, 7) is 4.03. The summed E-state index contributed by atoms with van der Waals surface area (Å²) in [7, 11) is 0. The fourth-order valence-electron chi connectivity index (χ4n) is 1.72. The number of anilines is 1. The smallest absolute Gasteiger partial charge is 0.339 e. The van der Waals surface area contributed by atoms with Crippen LogP contribution in [0.15, 0.2) is 29.0 Å². The summed E-state index contributed by atoms with van der Waals surface area (Å²) in [6, 6.07) is 5.21. The van der Waals surface area contributed by atoms with Crippen LogP contribution in [0.5, 0.6) is 0 Å². The quantitative estimate of drug-likeness (QED) is 0.684. The average molecular weight is 339 g/mol. The van der Waals surface area contributed by atoms with Crippen LogP contribution in [0.3, 0.4) is 0 Å². The summed E-state index contributed by atoms with van der Waals surface area (Å²) in [5.41, 5.74) is 6.61. The Bertz CT molecular complexity index is 625. The molecule has 106 valence electrons. The van der Waals surface area contributed by atoms with Crippen LogP contribution in [-0.2, 0) is 11.3 Å². The molecule has 1 heterocycles. The van der Waals surface area contributed by atoms with Crippen molar-refractivity contribution in [2.45, 2.75) is 26.5 Å². The SMILES string of the molecule is CC(C)n1ncnc1COC(=O)c1cccc(N)c1Br. The number of ether oxygens (including phenoxy) is 1. The number of nitrogen functional groups attached to an aromatic ring is 1. The Morgan fingerprint density at radius 1 is 1.50 bits per heavy atom. The maximum absolute atomic E-state index is 12.0. The Morgan fingerprint density at radius 3 is 2.95 bits per heavy atom. The van der Waals surface area contributed by atoms with Gasteiger partial charge in [0.2, 0.25) is 0 Å². The van der Waals surface area contributed by atoms with Crippen molar-refractivity contribution in [2.24, 2.45) is 0 Å². The van der Waals surface area contributed by atoms with Gasteiger partial charge in [0.1, 0.15) is 6.33 Å². The van der Waals surface area contributed by atoms with Gasteiger partial charge in [0.05, 0.1) is 10.0 Å². The number of hydrogen-bond acceptors (Lipinski definition) is 5. The van der Waals surface area contributed by atoms with E-state index in [0.29, 0.717) is 21.5 Å². The summed E-state index contributed by atoms with van der Waals surface area (Å²) in [4.78, 5) is 16.1. The Labute approximate surface area is 125 Å². The minimum atomic E-state index is -0.456. The number of benzene rings is 1. The number of nitrogens with two attached hydrogens (primary N) is 1. The summed E-state index contributed by atoms with van der Waals surface area (Å²) in [5.74, 6) is 0.149. The average Bonchev–Trinajstić information content (AvgIpc) is 2.87. The Kier molecular flexibility index (Phi) is 4.39. The lowest BCUT2D eigenvalue weighted by Gasteiger charge is -2.10. The second-order valence-corrected chi connectivity index (χ2v) is 5.29. The van der Waals surface area contributed by atoms with Crippen LogP contribution < -0.4 is 5.73 Å². The Morgan fingerprint density at radius 2 is 2.25 bits per heavy atom.